The van der Waals surface area contributed by atoms with E-state index >= 15 is 0 Å². The van der Waals surface area contributed by atoms with Crippen molar-refractivity contribution in [1.82, 2.24) is 0 Å². The molecule has 0 heterocycles. The van der Waals surface area contributed by atoms with Gasteiger partial charge in [0.25, 0.3) is 0 Å². The van der Waals surface area contributed by atoms with Gasteiger partial charge in [-0.3, -0.25) is 0 Å². The average Bonchev–Trinajstić information content (AvgIpc) is 2.03. The van der Waals surface area contributed by atoms with Crippen molar-refractivity contribution in [1.29, 1.82) is 0 Å². The number of hydrogen-bond donors (Lipinski definition) is 0. The van der Waals surface area contributed by atoms with Gasteiger partial charge in [0, 0.05) is 0 Å². The minimum atomic E-state index is 0.313. The Hall–Kier alpha value is 0.430. The van der Waals surface area contributed by atoms with Gasteiger partial charge in [0.2, 0.25) is 0 Å². The molecule has 13 heavy (non-hydrogen) atoms. The van der Waals surface area contributed by atoms with Crippen LogP contribution in [0.15, 0.2) is 0 Å². The lowest BCUT2D eigenvalue weighted by Gasteiger charge is -2.32. The molecule has 0 radical (unpaired) electrons. The summed E-state index contributed by atoms with van der Waals surface area (Å²) >= 11 is 0. The molecule has 0 aliphatic heterocycles. The van der Waals surface area contributed by atoms with E-state index in [0.29, 0.717) is 13.3 Å². The van der Waals surface area contributed by atoms with Crippen LogP contribution in [0, 0.1) is 5.41 Å². The van der Waals surface area contributed by atoms with Crippen molar-refractivity contribution in [3.63, 3.8) is 0 Å². The summed E-state index contributed by atoms with van der Waals surface area (Å²) in [4.78, 5) is 0. The summed E-state index contributed by atoms with van der Waals surface area (Å²) in [7, 11) is 0.313. The van der Waals surface area contributed by atoms with E-state index in [1.807, 2.05) is 0 Å². The zero-order chi connectivity index (χ0) is 9.90. The minimum Gasteiger partial charge on any atom is -0.106 e. The fourth-order valence-electron chi connectivity index (χ4n) is 2.40. The molecule has 1 aliphatic rings. The standard InChI is InChI=1S/C12H25P/c1-12(2,3)10-13(4)11-8-6-5-7-9-11/h11H,5-10H2,1-4H3. The van der Waals surface area contributed by atoms with Crippen LogP contribution in [0.5, 0.6) is 0 Å². The van der Waals surface area contributed by atoms with E-state index in [2.05, 4.69) is 27.4 Å². The quantitative estimate of drug-likeness (QED) is 0.577. The van der Waals surface area contributed by atoms with E-state index in [9.17, 15) is 0 Å². The van der Waals surface area contributed by atoms with Gasteiger partial charge in [0.05, 0.1) is 0 Å². The van der Waals surface area contributed by atoms with Gasteiger partial charge in [-0.05, 0) is 36.7 Å². The van der Waals surface area contributed by atoms with Crippen LogP contribution in [-0.4, -0.2) is 18.5 Å². The highest BCUT2D eigenvalue weighted by molar-refractivity contribution is 7.57. The van der Waals surface area contributed by atoms with Crippen molar-refractivity contribution >= 4 is 7.92 Å². The Balaban J connectivity index is 2.33. The van der Waals surface area contributed by atoms with E-state index < -0.39 is 0 Å². The van der Waals surface area contributed by atoms with Crippen LogP contribution in [0.25, 0.3) is 0 Å². The van der Waals surface area contributed by atoms with Gasteiger partial charge in [0.1, 0.15) is 0 Å². The lowest BCUT2D eigenvalue weighted by atomic mass is 10.00. The summed E-state index contributed by atoms with van der Waals surface area (Å²) in [6.45, 7) is 9.68. The zero-order valence-corrected chi connectivity index (χ0v) is 10.7. The molecule has 78 valence electrons. The highest BCUT2D eigenvalue weighted by atomic mass is 31.1. The van der Waals surface area contributed by atoms with Crippen LogP contribution in [-0.2, 0) is 0 Å². The number of hydrogen-bond acceptors (Lipinski definition) is 0. The predicted molar refractivity (Wildman–Crippen MR) is 64.0 cm³/mol. The van der Waals surface area contributed by atoms with Crippen LogP contribution in [0.3, 0.4) is 0 Å². The molecule has 0 nitrogen and oxygen atoms in total. The van der Waals surface area contributed by atoms with Crippen molar-refractivity contribution in [2.24, 2.45) is 5.41 Å². The second kappa shape index (κ2) is 4.78. The van der Waals surface area contributed by atoms with Crippen molar-refractivity contribution in [3.05, 3.63) is 0 Å². The highest BCUT2D eigenvalue weighted by Gasteiger charge is 2.23. The van der Waals surface area contributed by atoms with Gasteiger partial charge in [-0.15, -0.1) is 7.92 Å². The molecule has 1 atom stereocenters. The molecule has 0 aromatic rings. The Morgan fingerprint density at radius 3 is 2.08 bits per heavy atom. The van der Waals surface area contributed by atoms with Crippen molar-refractivity contribution in [2.45, 2.75) is 58.5 Å². The van der Waals surface area contributed by atoms with Crippen LogP contribution in [0.4, 0.5) is 0 Å². The first-order chi connectivity index (χ1) is 5.99. The largest absolute Gasteiger partial charge is 0.106 e. The van der Waals surface area contributed by atoms with Gasteiger partial charge in [-0.25, -0.2) is 0 Å². The Labute approximate surface area is 85.2 Å². The minimum absolute atomic E-state index is 0.313. The van der Waals surface area contributed by atoms with Gasteiger partial charge in [0.15, 0.2) is 0 Å². The SMILES string of the molecule is CP(CC(C)(C)C)C1CCCCC1. The Bertz CT molecular complexity index is 140. The van der Waals surface area contributed by atoms with Gasteiger partial charge in [-0.1, -0.05) is 40.0 Å². The third kappa shape index (κ3) is 4.45. The molecule has 0 N–H and O–H groups in total. The molecule has 0 amide bonds. The van der Waals surface area contributed by atoms with Crippen molar-refractivity contribution in [3.8, 4) is 0 Å². The molecular weight excluding hydrogens is 175 g/mol. The lowest BCUT2D eigenvalue weighted by molar-refractivity contribution is 0.467. The topological polar surface area (TPSA) is 0 Å². The fourth-order valence-corrected chi connectivity index (χ4v) is 5.40. The molecule has 0 bridgehead atoms. The number of rotatable bonds is 2. The Morgan fingerprint density at radius 1 is 1.08 bits per heavy atom. The van der Waals surface area contributed by atoms with E-state index in [1.165, 1.54) is 38.3 Å². The van der Waals surface area contributed by atoms with Crippen molar-refractivity contribution in [2.75, 3.05) is 12.8 Å². The molecule has 1 aliphatic carbocycles. The maximum absolute atomic E-state index is 2.52. The zero-order valence-electron chi connectivity index (χ0n) is 9.77. The first-order valence-electron chi connectivity index (χ1n) is 5.69. The Kier molecular flexibility index (Phi) is 4.23. The summed E-state index contributed by atoms with van der Waals surface area (Å²) < 4.78 is 0. The van der Waals surface area contributed by atoms with Gasteiger partial charge in [-0.2, -0.15) is 0 Å². The first kappa shape index (κ1) is 11.5. The monoisotopic (exact) mass is 200 g/mol. The molecule has 1 rings (SSSR count). The first-order valence-corrected chi connectivity index (χ1v) is 7.73. The van der Waals surface area contributed by atoms with Gasteiger partial charge >= 0.3 is 0 Å². The van der Waals surface area contributed by atoms with Crippen LogP contribution in [0.2, 0.25) is 0 Å². The van der Waals surface area contributed by atoms with E-state index in [-0.39, 0.29) is 0 Å². The molecule has 1 saturated carbocycles. The Morgan fingerprint density at radius 2 is 1.62 bits per heavy atom. The summed E-state index contributed by atoms with van der Waals surface area (Å²) in [6, 6.07) is 0. The molecule has 0 aromatic heterocycles. The normalized spacial score (nSPS) is 23.1. The summed E-state index contributed by atoms with van der Waals surface area (Å²) in [5, 5.41) is 0. The van der Waals surface area contributed by atoms with Crippen LogP contribution in [0.1, 0.15) is 52.9 Å². The second-order valence-electron chi connectivity index (χ2n) is 5.77. The summed E-state index contributed by atoms with van der Waals surface area (Å²) in [6.07, 6.45) is 9.02. The second-order valence-corrected chi connectivity index (χ2v) is 8.33. The summed E-state index contributed by atoms with van der Waals surface area (Å²) in [5.74, 6) is 0. The molecular formula is C12H25P. The van der Waals surface area contributed by atoms with Crippen LogP contribution >= 0.6 is 7.92 Å². The maximum atomic E-state index is 2.52. The predicted octanol–water partition coefficient (Wildman–Crippen LogP) is 4.48. The maximum Gasteiger partial charge on any atom is -0.0211 e. The molecule has 0 spiro atoms. The van der Waals surface area contributed by atoms with Gasteiger partial charge < -0.3 is 0 Å². The van der Waals surface area contributed by atoms with E-state index in [4.69, 9.17) is 0 Å². The summed E-state index contributed by atoms with van der Waals surface area (Å²) in [5.41, 5.74) is 1.65. The van der Waals surface area contributed by atoms with E-state index in [1.54, 1.807) is 0 Å². The van der Waals surface area contributed by atoms with Crippen molar-refractivity contribution < 1.29 is 0 Å². The third-order valence-corrected chi connectivity index (χ3v) is 6.13. The fraction of sp³-hybridized carbons (Fsp3) is 1.00. The lowest BCUT2D eigenvalue weighted by Crippen LogP contribution is -2.17. The molecule has 1 unspecified atom stereocenters. The molecule has 1 heteroatoms. The van der Waals surface area contributed by atoms with E-state index in [0.717, 1.165) is 5.66 Å². The third-order valence-electron chi connectivity index (χ3n) is 2.92. The smallest absolute Gasteiger partial charge is 0.0211 e. The van der Waals surface area contributed by atoms with Crippen LogP contribution < -0.4 is 0 Å². The average molecular weight is 200 g/mol. The molecule has 0 saturated heterocycles. The molecule has 0 aromatic carbocycles. The molecule has 1 fully saturated rings. The highest BCUT2D eigenvalue weighted by Crippen LogP contribution is 2.48.